The Labute approximate surface area is 178 Å². The lowest BCUT2D eigenvalue weighted by molar-refractivity contribution is -0.477. The molecular weight excluding hydrogens is 394 g/mol. The molecule has 2 fully saturated rings. The number of benzene rings is 1. The summed E-state index contributed by atoms with van der Waals surface area (Å²) in [5.74, 6) is 2.82. The minimum absolute atomic E-state index is 0.0896. The monoisotopic (exact) mass is 416 g/mol. The Morgan fingerprint density at radius 3 is 2.94 bits per heavy atom. The average Bonchev–Trinajstić information content (AvgIpc) is 3.09. The maximum atomic E-state index is 11.7. The molecular formula is C22H22N7O2+. The number of aryl methyl sites for hydroxylation is 1. The number of allylic oxidation sites excluding steroid dienone is 1. The lowest BCUT2D eigenvalue weighted by atomic mass is 10.1. The normalized spacial score (nSPS) is 24.5. The Kier molecular flexibility index (Phi) is 3.92. The Bertz CT molecular complexity index is 1250. The van der Waals surface area contributed by atoms with Gasteiger partial charge in [0.25, 0.3) is 6.67 Å². The summed E-state index contributed by atoms with van der Waals surface area (Å²) in [5.41, 5.74) is 3.79. The second-order valence-corrected chi connectivity index (χ2v) is 8.54. The molecule has 0 spiro atoms. The maximum absolute atomic E-state index is 11.7. The van der Waals surface area contributed by atoms with E-state index >= 15 is 0 Å². The van der Waals surface area contributed by atoms with Gasteiger partial charge in [-0.1, -0.05) is 28.9 Å². The molecule has 9 heteroatoms. The van der Waals surface area contributed by atoms with E-state index in [-0.39, 0.29) is 12.7 Å². The van der Waals surface area contributed by atoms with Crippen molar-refractivity contribution in [3.8, 4) is 11.3 Å². The maximum Gasteiger partial charge on any atom is 0.289 e. The molecule has 2 aliphatic heterocycles. The fourth-order valence-corrected chi connectivity index (χ4v) is 4.75. The average molecular weight is 416 g/mol. The highest BCUT2D eigenvalue weighted by Gasteiger charge is 2.54. The minimum atomic E-state index is 0.0896. The molecule has 2 aromatic heterocycles. The third kappa shape index (κ3) is 2.99. The first kappa shape index (κ1) is 18.2. The van der Waals surface area contributed by atoms with Crippen LogP contribution in [0.5, 0.6) is 0 Å². The standard InChI is InChI=1S/C22H22N7O2/c1-13-4-3-5-14(6-13)20-9-17(26-31-20)19-8-15-7-18(15)29(19)22-25-24-21(27(22)2)16-10-23-12-28(30)11-16/h3-6,9-11,15,18-19H,7-8,12H2,1-2H3/q+1/t15-,18-,19-/m1/s1. The van der Waals surface area contributed by atoms with Gasteiger partial charge in [0.05, 0.1) is 10.8 Å². The predicted molar refractivity (Wildman–Crippen MR) is 114 cm³/mol. The number of anilines is 1. The lowest BCUT2D eigenvalue weighted by Crippen LogP contribution is -2.29. The number of aliphatic imine (C=N–C) groups is 1. The highest BCUT2D eigenvalue weighted by Crippen LogP contribution is 2.54. The van der Waals surface area contributed by atoms with Crippen molar-refractivity contribution in [1.82, 2.24) is 19.9 Å². The molecule has 3 aliphatic rings. The largest absolute Gasteiger partial charge is 0.356 e. The molecule has 1 aromatic carbocycles. The van der Waals surface area contributed by atoms with Gasteiger partial charge in [-0.2, -0.15) is 0 Å². The molecule has 3 aromatic rings. The Balaban J connectivity index is 1.34. The van der Waals surface area contributed by atoms with Crippen LogP contribution in [0.2, 0.25) is 0 Å². The van der Waals surface area contributed by atoms with Gasteiger partial charge in [-0.05, 0) is 31.7 Å². The molecule has 4 heterocycles. The molecule has 156 valence electrons. The van der Waals surface area contributed by atoms with E-state index in [0.717, 1.165) is 40.6 Å². The van der Waals surface area contributed by atoms with E-state index in [4.69, 9.17) is 4.52 Å². The van der Waals surface area contributed by atoms with E-state index < -0.39 is 0 Å². The fraction of sp³-hybridized carbons (Fsp3) is 0.364. The van der Waals surface area contributed by atoms with Crippen LogP contribution in [0.25, 0.3) is 16.9 Å². The van der Waals surface area contributed by atoms with Crippen molar-refractivity contribution in [1.29, 1.82) is 0 Å². The molecule has 6 rings (SSSR count). The smallest absolute Gasteiger partial charge is 0.289 e. The fourth-order valence-electron chi connectivity index (χ4n) is 4.75. The van der Waals surface area contributed by atoms with E-state index in [1.807, 2.05) is 29.8 Å². The zero-order chi connectivity index (χ0) is 21.1. The molecule has 0 bridgehead atoms. The van der Waals surface area contributed by atoms with Crippen LogP contribution in [0.3, 0.4) is 0 Å². The quantitative estimate of drug-likeness (QED) is 0.606. The van der Waals surface area contributed by atoms with Crippen LogP contribution >= 0.6 is 0 Å². The molecule has 1 aliphatic carbocycles. The van der Waals surface area contributed by atoms with Crippen LogP contribution in [0.15, 0.2) is 46.0 Å². The van der Waals surface area contributed by atoms with Gasteiger partial charge in [-0.25, -0.2) is 4.99 Å². The number of piperidine rings is 1. The first-order valence-corrected chi connectivity index (χ1v) is 10.5. The van der Waals surface area contributed by atoms with Gasteiger partial charge >= 0.3 is 0 Å². The molecule has 3 atom stereocenters. The van der Waals surface area contributed by atoms with Crippen LogP contribution in [0.1, 0.15) is 36.0 Å². The molecule has 0 radical (unpaired) electrons. The van der Waals surface area contributed by atoms with Crippen LogP contribution in [0.4, 0.5) is 5.95 Å². The summed E-state index contributed by atoms with van der Waals surface area (Å²) >= 11 is 0. The third-order valence-electron chi connectivity index (χ3n) is 6.35. The van der Waals surface area contributed by atoms with Crippen molar-refractivity contribution in [2.75, 3.05) is 11.6 Å². The van der Waals surface area contributed by atoms with E-state index in [9.17, 15) is 4.91 Å². The van der Waals surface area contributed by atoms with E-state index in [2.05, 4.69) is 44.3 Å². The van der Waals surface area contributed by atoms with Gasteiger partial charge in [0, 0.05) is 35.8 Å². The number of fused-ring (bicyclic) bond motifs is 1. The Hall–Kier alpha value is -3.62. The van der Waals surface area contributed by atoms with Gasteiger partial charge in [-0.15, -0.1) is 10.2 Å². The summed E-state index contributed by atoms with van der Waals surface area (Å²) in [4.78, 5) is 18.1. The molecule has 0 amide bonds. The first-order valence-electron chi connectivity index (χ1n) is 10.5. The van der Waals surface area contributed by atoms with Crippen LogP contribution in [-0.2, 0) is 7.05 Å². The van der Waals surface area contributed by atoms with Crippen molar-refractivity contribution >= 4 is 17.7 Å². The number of nitrogens with zero attached hydrogens (tertiary/aromatic N) is 7. The number of nitroso groups, excluding NO2 is 1. The van der Waals surface area contributed by atoms with Crippen molar-refractivity contribution in [3.63, 3.8) is 0 Å². The van der Waals surface area contributed by atoms with Gasteiger partial charge in [0.1, 0.15) is 11.3 Å². The van der Waals surface area contributed by atoms with Gasteiger partial charge in [0.15, 0.2) is 11.6 Å². The van der Waals surface area contributed by atoms with Gasteiger partial charge < -0.3 is 9.42 Å². The SMILES string of the molecule is Cc1cccc(-c2cc([C@H]3C[C@H]4C[C@H]4N3c3nnc(C4=C[N+](=O)CN=C4)n3C)no2)c1. The summed E-state index contributed by atoms with van der Waals surface area (Å²) in [5, 5.41) is 13.3. The zero-order valence-corrected chi connectivity index (χ0v) is 17.3. The van der Waals surface area contributed by atoms with Crippen molar-refractivity contribution in [2.45, 2.75) is 31.8 Å². The molecule has 1 saturated carbocycles. The molecule has 9 nitrogen and oxygen atoms in total. The third-order valence-corrected chi connectivity index (χ3v) is 6.35. The van der Waals surface area contributed by atoms with E-state index in [0.29, 0.717) is 23.4 Å². The molecule has 0 unspecified atom stereocenters. The molecule has 1 saturated heterocycles. The number of hydrogen-bond donors (Lipinski definition) is 0. The van der Waals surface area contributed by atoms with Crippen molar-refractivity contribution < 1.29 is 9.28 Å². The summed E-state index contributed by atoms with van der Waals surface area (Å²) in [7, 11) is 1.93. The van der Waals surface area contributed by atoms with E-state index in [1.54, 1.807) is 6.21 Å². The minimum Gasteiger partial charge on any atom is -0.356 e. The highest BCUT2D eigenvalue weighted by atomic mass is 16.5. The van der Waals surface area contributed by atoms with Gasteiger partial charge in [-0.3, -0.25) is 4.57 Å². The second-order valence-electron chi connectivity index (χ2n) is 8.54. The van der Waals surface area contributed by atoms with Gasteiger partial charge in [0.2, 0.25) is 12.1 Å². The van der Waals surface area contributed by atoms with Crippen LogP contribution < -0.4 is 4.90 Å². The summed E-state index contributed by atoms with van der Waals surface area (Å²) in [6.45, 7) is 2.18. The summed E-state index contributed by atoms with van der Waals surface area (Å²) < 4.78 is 8.44. The number of rotatable bonds is 4. The molecule has 31 heavy (non-hydrogen) atoms. The Morgan fingerprint density at radius 1 is 1.19 bits per heavy atom. The number of hydrogen-bond acceptors (Lipinski definition) is 7. The topological polar surface area (TPSA) is 92.4 Å². The number of aromatic nitrogens is 4. The second kappa shape index (κ2) is 6.69. The summed E-state index contributed by atoms with van der Waals surface area (Å²) in [6.07, 6.45) is 5.36. The van der Waals surface area contributed by atoms with Crippen LogP contribution in [0, 0.1) is 17.7 Å². The first-order chi connectivity index (χ1) is 15.1. The summed E-state index contributed by atoms with van der Waals surface area (Å²) in [6, 6.07) is 10.8. The van der Waals surface area contributed by atoms with Crippen LogP contribution in [-0.4, -0.2) is 43.6 Å². The van der Waals surface area contributed by atoms with E-state index in [1.165, 1.54) is 11.8 Å². The predicted octanol–water partition coefficient (Wildman–Crippen LogP) is 3.28. The lowest BCUT2D eigenvalue weighted by Gasteiger charge is -2.26. The van der Waals surface area contributed by atoms with Crippen molar-refractivity contribution in [3.05, 3.63) is 58.5 Å². The van der Waals surface area contributed by atoms with Crippen molar-refractivity contribution in [2.24, 2.45) is 18.0 Å². The zero-order valence-electron chi connectivity index (χ0n) is 17.3. The molecule has 0 N–H and O–H groups in total. The highest BCUT2D eigenvalue weighted by molar-refractivity contribution is 6.08. The Morgan fingerprint density at radius 2 is 2.10 bits per heavy atom.